The lowest BCUT2D eigenvalue weighted by molar-refractivity contribution is 0.0977. The van der Waals surface area contributed by atoms with Crippen molar-refractivity contribution in [1.82, 2.24) is 0 Å². The van der Waals surface area contributed by atoms with Crippen molar-refractivity contribution in [2.75, 3.05) is 5.73 Å². The molecular formula is C50H81NO2. The number of nitrogens with two attached hydrogens (primary N) is 1. The minimum atomic E-state index is -0.0118. The number of nitrogen functional groups attached to an aromatic ring is 1. The van der Waals surface area contributed by atoms with Gasteiger partial charge in [0.25, 0.3) is 0 Å². The zero-order valence-electron chi connectivity index (χ0n) is 34.8. The molecule has 1 aliphatic rings. The highest BCUT2D eigenvalue weighted by molar-refractivity contribution is 6.29. The molecule has 0 bridgehead atoms. The summed E-state index contributed by atoms with van der Waals surface area (Å²) in [5.41, 5.74) is 11.4. The van der Waals surface area contributed by atoms with E-state index in [1.807, 2.05) is 18.2 Å². The van der Waals surface area contributed by atoms with Gasteiger partial charge in [-0.3, -0.25) is 9.59 Å². The van der Waals surface area contributed by atoms with Gasteiger partial charge in [-0.25, -0.2) is 0 Å². The minimum Gasteiger partial charge on any atom is -0.398 e. The van der Waals surface area contributed by atoms with Crippen LogP contribution in [0.3, 0.4) is 0 Å². The molecule has 0 amide bonds. The molecule has 0 saturated carbocycles. The average Bonchev–Trinajstić information content (AvgIpc) is 3.17. The largest absolute Gasteiger partial charge is 0.398 e. The van der Waals surface area contributed by atoms with Gasteiger partial charge in [-0.15, -0.1) is 0 Å². The van der Waals surface area contributed by atoms with E-state index >= 15 is 0 Å². The lowest BCUT2D eigenvalue weighted by atomic mass is 9.78. The van der Waals surface area contributed by atoms with Gasteiger partial charge in [0, 0.05) is 27.9 Å². The number of unbranched alkanes of at least 4 members (excludes halogenated alkanes) is 30. The van der Waals surface area contributed by atoms with Crippen LogP contribution in [0.1, 0.15) is 262 Å². The van der Waals surface area contributed by atoms with Crippen molar-refractivity contribution in [1.29, 1.82) is 0 Å². The molecule has 0 radical (unpaired) electrons. The highest BCUT2D eigenvalue weighted by Crippen LogP contribution is 2.35. The molecule has 1 aliphatic carbocycles. The third kappa shape index (κ3) is 17.3. The van der Waals surface area contributed by atoms with Crippen molar-refractivity contribution in [2.45, 2.75) is 232 Å². The molecule has 0 aromatic heterocycles. The monoisotopic (exact) mass is 728 g/mol. The molecule has 0 spiro atoms. The van der Waals surface area contributed by atoms with Gasteiger partial charge in [0.1, 0.15) is 0 Å². The Morgan fingerprint density at radius 2 is 0.717 bits per heavy atom. The smallest absolute Gasteiger partial charge is 0.194 e. The third-order valence-electron chi connectivity index (χ3n) is 12.0. The summed E-state index contributed by atoms with van der Waals surface area (Å²) in [5.74, 6) is -0.00265. The Labute approximate surface area is 327 Å². The molecule has 3 rings (SSSR count). The zero-order chi connectivity index (χ0) is 37.8. The summed E-state index contributed by atoms with van der Waals surface area (Å²) in [4.78, 5) is 27.9. The highest BCUT2D eigenvalue weighted by atomic mass is 16.1. The van der Waals surface area contributed by atoms with Gasteiger partial charge in [0.2, 0.25) is 0 Å². The van der Waals surface area contributed by atoms with E-state index in [0.29, 0.717) is 27.9 Å². The molecule has 0 unspecified atom stereocenters. The number of anilines is 1. The fourth-order valence-corrected chi connectivity index (χ4v) is 8.63. The summed E-state index contributed by atoms with van der Waals surface area (Å²) in [6.45, 7) is 4.57. The van der Waals surface area contributed by atoms with E-state index in [0.717, 1.165) is 43.2 Å². The quantitative estimate of drug-likeness (QED) is 0.0492. The Balaban J connectivity index is 1.31. The topological polar surface area (TPSA) is 60.2 Å². The summed E-state index contributed by atoms with van der Waals surface area (Å²) < 4.78 is 0. The van der Waals surface area contributed by atoms with Crippen LogP contribution in [-0.4, -0.2) is 11.6 Å². The first kappa shape index (κ1) is 45.0. The maximum atomic E-state index is 14.0. The van der Waals surface area contributed by atoms with E-state index in [2.05, 4.69) is 19.9 Å². The second-order valence-electron chi connectivity index (χ2n) is 16.7. The van der Waals surface area contributed by atoms with Gasteiger partial charge < -0.3 is 5.73 Å². The van der Waals surface area contributed by atoms with E-state index in [1.165, 1.54) is 186 Å². The molecule has 2 aromatic rings. The summed E-state index contributed by atoms with van der Waals surface area (Å²) in [6.07, 6.45) is 44.6. The second-order valence-corrected chi connectivity index (χ2v) is 16.7. The van der Waals surface area contributed by atoms with Crippen LogP contribution < -0.4 is 5.73 Å². The number of carbonyl (C=O) groups is 2. The maximum absolute atomic E-state index is 14.0. The van der Waals surface area contributed by atoms with Crippen molar-refractivity contribution in [2.24, 2.45) is 0 Å². The summed E-state index contributed by atoms with van der Waals surface area (Å²) >= 11 is 0. The van der Waals surface area contributed by atoms with Gasteiger partial charge in [0.15, 0.2) is 11.6 Å². The molecule has 298 valence electrons. The lowest BCUT2D eigenvalue weighted by Gasteiger charge is -2.23. The SMILES string of the molecule is CCCCCCCCCCCCCCCCCCc1cccc2c1C(=O)c1ccc(N)c(CCCCCCCCCCCCCCCCCC)c1C2=O. The van der Waals surface area contributed by atoms with Gasteiger partial charge in [-0.2, -0.15) is 0 Å². The van der Waals surface area contributed by atoms with E-state index in [9.17, 15) is 9.59 Å². The van der Waals surface area contributed by atoms with E-state index in [1.54, 1.807) is 6.07 Å². The highest BCUT2D eigenvalue weighted by Gasteiger charge is 2.33. The molecule has 0 heterocycles. The molecule has 0 fully saturated rings. The Bertz CT molecular complexity index is 1280. The zero-order valence-corrected chi connectivity index (χ0v) is 34.8. The normalized spacial score (nSPS) is 12.4. The Hall–Kier alpha value is -2.42. The van der Waals surface area contributed by atoms with E-state index < -0.39 is 0 Å². The number of fused-ring (bicyclic) bond motifs is 2. The maximum Gasteiger partial charge on any atom is 0.194 e. The number of ketones is 2. The Morgan fingerprint density at radius 1 is 0.377 bits per heavy atom. The molecule has 3 heteroatoms. The first-order valence-electron chi connectivity index (χ1n) is 23.2. The van der Waals surface area contributed by atoms with Gasteiger partial charge in [-0.05, 0) is 48.9 Å². The second kappa shape index (κ2) is 28.9. The molecule has 0 atom stereocenters. The fraction of sp³-hybridized carbons (Fsp3) is 0.720. The van der Waals surface area contributed by atoms with Crippen molar-refractivity contribution in [3.05, 3.63) is 63.7 Å². The molecule has 3 nitrogen and oxygen atoms in total. The van der Waals surface area contributed by atoms with Gasteiger partial charge in [0.05, 0.1) is 0 Å². The van der Waals surface area contributed by atoms with Crippen molar-refractivity contribution in [3.8, 4) is 0 Å². The number of benzene rings is 2. The first-order valence-corrected chi connectivity index (χ1v) is 23.2. The average molecular weight is 728 g/mol. The van der Waals surface area contributed by atoms with Crippen LogP contribution in [0.5, 0.6) is 0 Å². The van der Waals surface area contributed by atoms with Crippen molar-refractivity contribution < 1.29 is 9.59 Å². The lowest BCUT2D eigenvalue weighted by Crippen LogP contribution is -2.25. The van der Waals surface area contributed by atoms with Crippen LogP contribution >= 0.6 is 0 Å². The number of aryl methyl sites for hydroxylation is 1. The van der Waals surface area contributed by atoms with Crippen LogP contribution in [0.25, 0.3) is 0 Å². The standard InChI is InChI=1S/C50H81NO2/c1-3-5-7-9-11-13-15-17-19-21-23-25-27-29-31-33-36-42-37-35-39-44-47(42)49(52)45-40-41-46(51)43(48(45)50(44)53)38-34-32-30-28-26-24-22-20-18-16-14-12-10-8-6-4-2/h35,37,39-41H,3-34,36,38,51H2,1-2H3. The minimum absolute atomic E-state index is 0.00918. The predicted molar refractivity (Wildman–Crippen MR) is 231 cm³/mol. The van der Waals surface area contributed by atoms with Crippen LogP contribution in [0.2, 0.25) is 0 Å². The fourth-order valence-electron chi connectivity index (χ4n) is 8.63. The van der Waals surface area contributed by atoms with Crippen LogP contribution in [0, 0.1) is 0 Å². The van der Waals surface area contributed by atoms with Gasteiger partial charge in [-0.1, -0.05) is 225 Å². The third-order valence-corrected chi connectivity index (χ3v) is 12.0. The number of hydrogen-bond donors (Lipinski definition) is 1. The van der Waals surface area contributed by atoms with E-state index in [-0.39, 0.29) is 11.6 Å². The van der Waals surface area contributed by atoms with E-state index in [4.69, 9.17) is 5.73 Å². The summed E-state index contributed by atoms with van der Waals surface area (Å²) in [7, 11) is 0. The number of carbonyl (C=O) groups excluding carboxylic acids is 2. The summed E-state index contributed by atoms with van der Waals surface area (Å²) in [6, 6.07) is 9.55. The molecular weight excluding hydrogens is 647 g/mol. The van der Waals surface area contributed by atoms with Gasteiger partial charge >= 0.3 is 0 Å². The Morgan fingerprint density at radius 3 is 1.13 bits per heavy atom. The molecule has 0 saturated heterocycles. The van der Waals surface area contributed by atoms with Crippen molar-refractivity contribution in [3.63, 3.8) is 0 Å². The molecule has 53 heavy (non-hydrogen) atoms. The molecule has 2 N–H and O–H groups in total. The Kier molecular flexibility index (Phi) is 24.6. The summed E-state index contributed by atoms with van der Waals surface area (Å²) in [5, 5.41) is 0. The van der Waals surface area contributed by atoms with Crippen LogP contribution in [0.15, 0.2) is 30.3 Å². The van der Waals surface area contributed by atoms with Crippen LogP contribution in [0.4, 0.5) is 5.69 Å². The molecule has 0 aliphatic heterocycles. The first-order chi connectivity index (χ1) is 26.1. The molecule has 2 aromatic carbocycles. The number of rotatable bonds is 34. The predicted octanol–water partition coefficient (Wildman–Crippen LogP) is 15.7. The van der Waals surface area contributed by atoms with Crippen LogP contribution in [-0.2, 0) is 12.8 Å². The number of hydrogen-bond acceptors (Lipinski definition) is 3. The van der Waals surface area contributed by atoms with Crippen molar-refractivity contribution >= 4 is 17.3 Å².